The number of aryl methyl sites for hydroxylation is 3. The van der Waals surface area contributed by atoms with Crippen LogP contribution in [0.5, 0.6) is 0 Å². The molecule has 21 heavy (non-hydrogen) atoms. The van der Waals surface area contributed by atoms with E-state index in [1.54, 1.807) is 0 Å². The fraction of sp³-hybridized carbons (Fsp3) is 0.333. The summed E-state index contributed by atoms with van der Waals surface area (Å²) in [6.45, 7) is 2.10. The monoisotopic (exact) mass is 414 g/mol. The predicted molar refractivity (Wildman–Crippen MR) is 94.4 cm³/mol. The standard InChI is InChI=1S/C15H16ClIN4/c1-3-12-14-15(20(2)19-12)21(13(18-14)7-8-16)11-6-4-5-10(17)9-11/h4-6,9H,3,7-8H2,1-2H3. The number of rotatable bonds is 4. The van der Waals surface area contributed by atoms with Crippen LogP contribution in [0.25, 0.3) is 16.9 Å². The van der Waals surface area contributed by atoms with E-state index in [0.29, 0.717) is 5.88 Å². The Balaban J connectivity index is 2.32. The maximum absolute atomic E-state index is 5.96. The van der Waals surface area contributed by atoms with Gasteiger partial charge in [0.15, 0.2) is 5.65 Å². The van der Waals surface area contributed by atoms with Crippen molar-refractivity contribution >= 4 is 45.4 Å². The quantitative estimate of drug-likeness (QED) is 0.482. The number of fused-ring (bicyclic) bond motifs is 1. The van der Waals surface area contributed by atoms with Gasteiger partial charge in [-0.1, -0.05) is 13.0 Å². The first kappa shape index (κ1) is 14.8. The van der Waals surface area contributed by atoms with Crippen LogP contribution in [0.15, 0.2) is 24.3 Å². The maximum atomic E-state index is 5.96. The van der Waals surface area contributed by atoms with Gasteiger partial charge in [0.2, 0.25) is 0 Å². The number of hydrogen-bond donors (Lipinski definition) is 0. The molecule has 3 rings (SSSR count). The van der Waals surface area contributed by atoms with E-state index in [1.165, 1.54) is 3.57 Å². The van der Waals surface area contributed by atoms with Crippen LogP contribution in [0.3, 0.4) is 0 Å². The normalized spacial score (nSPS) is 11.4. The molecule has 0 bridgehead atoms. The molecule has 6 heteroatoms. The Bertz CT molecular complexity index is 790. The van der Waals surface area contributed by atoms with E-state index >= 15 is 0 Å². The van der Waals surface area contributed by atoms with Gasteiger partial charge >= 0.3 is 0 Å². The molecule has 0 N–H and O–H groups in total. The lowest BCUT2D eigenvalue weighted by Gasteiger charge is -2.09. The van der Waals surface area contributed by atoms with E-state index in [-0.39, 0.29) is 0 Å². The molecule has 3 aromatic rings. The van der Waals surface area contributed by atoms with E-state index in [1.807, 2.05) is 11.7 Å². The van der Waals surface area contributed by atoms with Gasteiger partial charge in [-0.05, 0) is 47.2 Å². The second-order valence-electron chi connectivity index (χ2n) is 4.88. The Labute approximate surface area is 142 Å². The van der Waals surface area contributed by atoms with E-state index < -0.39 is 0 Å². The Hall–Kier alpha value is -1.08. The third-order valence-corrected chi connectivity index (χ3v) is 4.35. The number of halogens is 2. The average molecular weight is 415 g/mol. The first-order chi connectivity index (χ1) is 10.2. The van der Waals surface area contributed by atoms with Crippen LogP contribution in [0.4, 0.5) is 0 Å². The molecule has 0 spiro atoms. The highest BCUT2D eigenvalue weighted by Gasteiger charge is 2.19. The lowest BCUT2D eigenvalue weighted by molar-refractivity contribution is 0.741. The number of imidazole rings is 1. The molecule has 0 unspecified atom stereocenters. The minimum absolute atomic E-state index is 0.558. The highest BCUT2D eigenvalue weighted by molar-refractivity contribution is 14.1. The van der Waals surface area contributed by atoms with Gasteiger partial charge in [0, 0.05) is 28.6 Å². The van der Waals surface area contributed by atoms with Gasteiger partial charge in [-0.15, -0.1) is 11.6 Å². The highest BCUT2D eigenvalue weighted by Crippen LogP contribution is 2.25. The van der Waals surface area contributed by atoms with Gasteiger partial charge in [0.05, 0.1) is 5.69 Å². The zero-order valence-electron chi connectivity index (χ0n) is 12.0. The summed E-state index contributed by atoms with van der Waals surface area (Å²) < 4.78 is 5.28. The van der Waals surface area contributed by atoms with Crippen LogP contribution in [0.1, 0.15) is 18.4 Å². The number of aromatic nitrogens is 4. The molecule has 0 aliphatic carbocycles. The first-order valence-corrected chi connectivity index (χ1v) is 8.52. The number of benzene rings is 1. The van der Waals surface area contributed by atoms with Gasteiger partial charge in [-0.2, -0.15) is 5.10 Å². The van der Waals surface area contributed by atoms with Crippen LogP contribution >= 0.6 is 34.2 Å². The Morgan fingerprint density at radius 3 is 2.81 bits per heavy atom. The average Bonchev–Trinajstić information content (AvgIpc) is 2.97. The first-order valence-electron chi connectivity index (χ1n) is 6.90. The van der Waals surface area contributed by atoms with Crippen molar-refractivity contribution in [3.05, 3.63) is 39.4 Å². The van der Waals surface area contributed by atoms with Crippen molar-refractivity contribution in [2.24, 2.45) is 7.05 Å². The van der Waals surface area contributed by atoms with E-state index in [2.05, 4.69) is 63.4 Å². The van der Waals surface area contributed by atoms with Crippen molar-refractivity contribution in [2.75, 3.05) is 5.88 Å². The van der Waals surface area contributed by atoms with Gasteiger partial charge in [-0.25, -0.2) is 9.67 Å². The van der Waals surface area contributed by atoms with Crippen molar-refractivity contribution in [3.63, 3.8) is 0 Å². The van der Waals surface area contributed by atoms with E-state index in [9.17, 15) is 0 Å². The number of nitrogens with zero attached hydrogens (tertiary/aromatic N) is 4. The summed E-state index contributed by atoms with van der Waals surface area (Å²) in [4.78, 5) is 4.79. The topological polar surface area (TPSA) is 35.6 Å². The molecule has 0 radical (unpaired) electrons. The van der Waals surface area contributed by atoms with E-state index in [0.717, 1.165) is 41.2 Å². The zero-order chi connectivity index (χ0) is 15.0. The molecule has 0 amide bonds. The summed E-state index contributed by atoms with van der Waals surface area (Å²) in [7, 11) is 1.97. The van der Waals surface area contributed by atoms with Crippen molar-refractivity contribution in [2.45, 2.75) is 19.8 Å². The summed E-state index contributed by atoms with van der Waals surface area (Å²) in [6, 6.07) is 8.39. The van der Waals surface area contributed by atoms with Crippen LogP contribution < -0.4 is 0 Å². The van der Waals surface area contributed by atoms with E-state index in [4.69, 9.17) is 16.6 Å². The molecule has 110 valence electrons. The molecule has 0 atom stereocenters. The summed E-state index contributed by atoms with van der Waals surface area (Å²) >= 11 is 8.28. The van der Waals surface area contributed by atoms with Crippen molar-refractivity contribution in [1.82, 2.24) is 19.3 Å². The van der Waals surface area contributed by atoms with Crippen molar-refractivity contribution < 1.29 is 0 Å². The second kappa shape index (κ2) is 5.96. The van der Waals surface area contributed by atoms with Crippen molar-refractivity contribution in [1.29, 1.82) is 0 Å². The van der Waals surface area contributed by atoms with Crippen LogP contribution in [0.2, 0.25) is 0 Å². The smallest absolute Gasteiger partial charge is 0.163 e. The molecule has 4 nitrogen and oxygen atoms in total. The maximum Gasteiger partial charge on any atom is 0.163 e. The van der Waals surface area contributed by atoms with Crippen LogP contribution in [-0.4, -0.2) is 25.2 Å². The Morgan fingerprint density at radius 2 is 2.14 bits per heavy atom. The Morgan fingerprint density at radius 1 is 1.33 bits per heavy atom. The molecular formula is C15H16ClIN4. The summed E-state index contributed by atoms with van der Waals surface area (Å²) in [5, 5.41) is 4.58. The lowest BCUT2D eigenvalue weighted by Crippen LogP contribution is -2.06. The minimum Gasteiger partial charge on any atom is -0.281 e. The zero-order valence-corrected chi connectivity index (χ0v) is 14.9. The molecule has 1 aromatic carbocycles. The summed E-state index contributed by atoms with van der Waals surface area (Å²) in [5.41, 5.74) is 4.16. The largest absolute Gasteiger partial charge is 0.281 e. The van der Waals surface area contributed by atoms with Gasteiger partial charge in [0.25, 0.3) is 0 Å². The fourth-order valence-electron chi connectivity index (χ4n) is 2.60. The molecule has 2 aromatic heterocycles. The summed E-state index contributed by atoms with van der Waals surface area (Å²) in [5.74, 6) is 1.55. The third-order valence-electron chi connectivity index (χ3n) is 3.49. The molecular weight excluding hydrogens is 399 g/mol. The molecule has 0 aliphatic heterocycles. The molecule has 2 heterocycles. The molecule has 0 saturated heterocycles. The Kier molecular flexibility index (Phi) is 4.21. The molecule has 0 saturated carbocycles. The molecule has 0 aliphatic rings. The second-order valence-corrected chi connectivity index (χ2v) is 6.50. The van der Waals surface area contributed by atoms with Gasteiger partial charge in [0.1, 0.15) is 11.3 Å². The van der Waals surface area contributed by atoms with Gasteiger partial charge < -0.3 is 0 Å². The van der Waals surface area contributed by atoms with Crippen molar-refractivity contribution in [3.8, 4) is 5.69 Å². The number of alkyl halides is 1. The third kappa shape index (κ3) is 2.57. The lowest BCUT2D eigenvalue weighted by atomic mass is 10.3. The fourth-order valence-corrected chi connectivity index (χ4v) is 3.30. The minimum atomic E-state index is 0.558. The van der Waals surface area contributed by atoms with Crippen LogP contribution in [-0.2, 0) is 19.9 Å². The predicted octanol–water partition coefficient (Wildman–Crippen LogP) is 3.71. The highest BCUT2D eigenvalue weighted by atomic mass is 127. The van der Waals surface area contributed by atoms with Gasteiger partial charge in [-0.3, -0.25) is 4.57 Å². The molecule has 0 fully saturated rings. The number of hydrogen-bond acceptors (Lipinski definition) is 2. The SMILES string of the molecule is CCc1nn(C)c2c1nc(CCCl)n2-c1cccc(I)c1. The van der Waals surface area contributed by atoms with Crippen LogP contribution in [0, 0.1) is 3.57 Å². The summed E-state index contributed by atoms with van der Waals surface area (Å²) in [6.07, 6.45) is 1.62.